The molecule has 0 unspecified atom stereocenters. The number of aryl methyl sites for hydroxylation is 1. The van der Waals surface area contributed by atoms with Gasteiger partial charge in [0.25, 0.3) is 5.56 Å². The van der Waals surface area contributed by atoms with E-state index in [1.807, 2.05) is 6.92 Å². The molecule has 2 rings (SSSR count). The van der Waals surface area contributed by atoms with Crippen molar-refractivity contribution < 1.29 is 4.74 Å². The molecule has 1 aliphatic carbocycles. The van der Waals surface area contributed by atoms with Gasteiger partial charge >= 0.3 is 0 Å². The van der Waals surface area contributed by atoms with Gasteiger partial charge in [-0.25, -0.2) is 4.98 Å². The minimum atomic E-state index is -0.136. The average Bonchev–Trinajstić information content (AvgIpc) is 3.01. The molecular weight excluding hydrogens is 192 g/mol. The number of aromatic nitrogens is 2. The third kappa shape index (κ3) is 3.08. The summed E-state index contributed by atoms with van der Waals surface area (Å²) >= 11 is 0. The van der Waals surface area contributed by atoms with Gasteiger partial charge in [0.05, 0.1) is 12.7 Å². The molecule has 4 heteroatoms. The van der Waals surface area contributed by atoms with Gasteiger partial charge in [0.15, 0.2) is 0 Å². The number of aromatic amines is 1. The fraction of sp³-hybridized carbons (Fsp3) is 0.636. The Labute approximate surface area is 88.7 Å². The smallest absolute Gasteiger partial charge is 0.254 e. The van der Waals surface area contributed by atoms with Gasteiger partial charge in [-0.15, -0.1) is 0 Å². The minimum Gasteiger partial charge on any atom is -0.477 e. The van der Waals surface area contributed by atoms with E-state index >= 15 is 0 Å². The summed E-state index contributed by atoms with van der Waals surface area (Å²) in [5.41, 5.74) is -0.136. The van der Waals surface area contributed by atoms with Gasteiger partial charge in [-0.3, -0.25) is 4.79 Å². The first kappa shape index (κ1) is 10.2. The molecule has 0 radical (unpaired) electrons. The second-order valence-corrected chi connectivity index (χ2v) is 3.96. The van der Waals surface area contributed by atoms with E-state index in [1.54, 1.807) is 0 Å². The van der Waals surface area contributed by atoms with E-state index in [0.717, 1.165) is 18.8 Å². The first-order chi connectivity index (χ1) is 7.28. The summed E-state index contributed by atoms with van der Waals surface area (Å²) in [5.74, 6) is 1.98. The number of rotatable bonds is 5. The fourth-order valence-corrected chi connectivity index (χ4v) is 1.46. The molecule has 0 aromatic carbocycles. The van der Waals surface area contributed by atoms with Gasteiger partial charge in [0.2, 0.25) is 5.88 Å². The second-order valence-electron chi connectivity index (χ2n) is 3.96. The molecule has 0 aliphatic heterocycles. The predicted molar refractivity (Wildman–Crippen MR) is 57.1 cm³/mol. The van der Waals surface area contributed by atoms with E-state index in [1.165, 1.54) is 18.9 Å². The fourth-order valence-electron chi connectivity index (χ4n) is 1.46. The summed E-state index contributed by atoms with van der Waals surface area (Å²) < 4.78 is 5.45. The summed E-state index contributed by atoms with van der Waals surface area (Å²) in [5, 5.41) is 0. The van der Waals surface area contributed by atoms with Gasteiger partial charge in [-0.05, 0) is 12.3 Å². The Morgan fingerprint density at radius 3 is 3.07 bits per heavy atom. The first-order valence-electron chi connectivity index (χ1n) is 5.51. The van der Waals surface area contributed by atoms with Crippen LogP contribution in [0.5, 0.6) is 5.88 Å². The number of nitrogens with one attached hydrogen (secondary N) is 1. The van der Waals surface area contributed by atoms with Crippen LogP contribution in [0.2, 0.25) is 0 Å². The van der Waals surface area contributed by atoms with Crippen LogP contribution >= 0.6 is 0 Å². The molecule has 4 nitrogen and oxygen atoms in total. The van der Waals surface area contributed by atoms with Crippen LogP contribution < -0.4 is 10.3 Å². The Morgan fingerprint density at radius 2 is 2.40 bits per heavy atom. The van der Waals surface area contributed by atoms with Crippen molar-refractivity contribution in [2.45, 2.75) is 32.6 Å². The molecule has 0 atom stereocenters. The van der Waals surface area contributed by atoms with Crippen molar-refractivity contribution >= 4 is 0 Å². The van der Waals surface area contributed by atoms with Crippen LogP contribution in [0, 0.1) is 5.92 Å². The molecule has 1 N–H and O–H groups in total. The molecule has 0 spiro atoms. The maximum absolute atomic E-state index is 11.2. The summed E-state index contributed by atoms with van der Waals surface area (Å²) in [6, 6.07) is 1.41. The van der Waals surface area contributed by atoms with E-state index < -0.39 is 0 Å². The van der Waals surface area contributed by atoms with E-state index in [2.05, 4.69) is 9.97 Å². The van der Waals surface area contributed by atoms with Crippen molar-refractivity contribution in [2.75, 3.05) is 6.61 Å². The maximum atomic E-state index is 11.2. The van der Waals surface area contributed by atoms with Crippen molar-refractivity contribution in [2.24, 2.45) is 5.92 Å². The van der Waals surface area contributed by atoms with Gasteiger partial charge < -0.3 is 9.72 Å². The van der Waals surface area contributed by atoms with Gasteiger partial charge in [-0.2, -0.15) is 0 Å². The number of hydrogen-bond donors (Lipinski definition) is 1. The van der Waals surface area contributed by atoms with E-state index in [0.29, 0.717) is 18.3 Å². The number of hydrogen-bond acceptors (Lipinski definition) is 3. The van der Waals surface area contributed by atoms with Crippen LogP contribution in [0.4, 0.5) is 0 Å². The van der Waals surface area contributed by atoms with Crippen LogP contribution in [-0.4, -0.2) is 16.6 Å². The van der Waals surface area contributed by atoms with Gasteiger partial charge in [-0.1, -0.05) is 19.8 Å². The monoisotopic (exact) mass is 208 g/mol. The maximum Gasteiger partial charge on any atom is 0.254 e. The molecule has 82 valence electrons. The molecule has 1 heterocycles. The zero-order valence-corrected chi connectivity index (χ0v) is 8.95. The quantitative estimate of drug-likeness (QED) is 0.798. The SMILES string of the molecule is CCc1nc(OCCC2CC2)cc(=O)[nH]1. The van der Waals surface area contributed by atoms with Gasteiger partial charge in [0, 0.05) is 6.42 Å². The van der Waals surface area contributed by atoms with E-state index in [4.69, 9.17) is 4.74 Å². The lowest BCUT2D eigenvalue weighted by Gasteiger charge is -2.05. The number of nitrogens with zero attached hydrogens (tertiary/aromatic N) is 1. The lowest BCUT2D eigenvalue weighted by atomic mass is 10.3. The summed E-state index contributed by atoms with van der Waals surface area (Å²) in [6.07, 6.45) is 4.45. The molecule has 1 aromatic rings. The highest BCUT2D eigenvalue weighted by atomic mass is 16.5. The minimum absolute atomic E-state index is 0.136. The van der Waals surface area contributed by atoms with Crippen LogP contribution in [0.1, 0.15) is 32.0 Å². The average molecular weight is 208 g/mol. The highest BCUT2D eigenvalue weighted by molar-refractivity contribution is 5.08. The van der Waals surface area contributed by atoms with Crippen LogP contribution in [0.15, 0.2) is 10.9 Å². The van der Waals surface area contributed by atoms with Crippen molar-refractivity contribution in [3.05, 3.63) is 22.2 Å². The Morgan fingerprint density at radius 1 is 1.60 bits per heavy atom. The molecule has 15 heavy (non-hydrogen) atoms. The molecule has 1 fully saturated rings. The lowest BCUT2D eigenvalue weighted by molar-refractivity contribution is 0.289. The molecule has 1 saturated carbocycles. The standard InChI is InChI=1S/C11H16N2O2/c1-2-9-12-10(14)7-11(13-9)15-6-5-8-3-4-8/h7-8H,2-6H2,1H3,(H,12,13,14). The lowest BCUT2D eigenvalue weighted by Crippen LogP contribution is -2.12. The molecule has 1 aliphatic rings. The topological polar surface area (TPSA) is 55.0 Å². The highest BCUT2D eigenvalue weighted by Crippen LogP contribution is 2.32. The normalized spacial score (nSPS) is 15.3. The van der Waals surface area contributed by atoms with Crippen LogP contribution in [0.25, 0.3) is 0 Å². The number of H-pyrrole nitrogens is 1. The molecule has 0 amide bonds. The zero-order valence-electron chi connectivity index (χ0n) is 8.95. The Balaban J connectivity index is 1.93. The van der Waals surface area contributed by atoms with Crippen molar-refractivity contribution in [3.63, 3.8) is 0 Å². The first-order valence-corrected chi connectivity index (χ1v) is 5.51. The third-order valence-electron chi connectivity index (χ3n) is 2.58. The summed E-state index contributed by atoms with van der Waals surface area (Å²) in [6.45, 7) is 2.62. The molecule has 1 aromatic heterocycles. The molecular formula is C11H16N2O2. The van der Waals surface area contributed by atoms with E-state index in [-0.39, 0.29) is 5.56 Å². The zero-order chi connectivity index (χ0) is 10.7. The third-order valence-corrected chi connectivity index (χ3v) is 2.58. The number of ether oxygens (including phenoxy) is 1. The van der Waals surface area contributed by atoms with Gasteiger partial charge in [0.1, 0.15) is 5.82 Å². The second kappa shape index (κ2) is 4.47. The Hall–Kier alpha value is -1.32. The largest absolute Gasteiger partial charge is 0.477 e. The Kier molecular flexibility index (Phi) is 3.04. The van der Waals surface area contributed by atoms with Crippen molar-refractivity contribution in [1.82, 2.24) is 9.97 Å². The van der Waals surface area contributed by atoms with Crippen LogP contribution in [0.3, 0.4) is 0 Å². The Bertz CT molecular complexity index is 382. The van der Waals surface area contributed by atoms with Crippen LogP contribution in [-0.2, 0) is 6.42 Å². The van der Waals surface area contributed by atoms with Crippen molar-refractivity contribution in [3.8, 4) is 5.88 Å². The van der Waals surface area contributed by atoms with E-state index in [9.17, 15) is 4.79 Å². The summed E-state index contributed by atoms with van der Waals surface area (Å²) in [4.78, 5) is 18.1. The summed E-state index contributed by atoms with van der Waals surface area (Å²) in [7, 11) is 0. The predicted octanol–water partition coefficient (Wildman–Crippen LogP) is 1.51. The molecule has 0 bridgehead atoms. The van der Waals surface area contributed by atoms with Crippen molar-refractivity contribution in [1.29, 1.82) is 0 Å². The molecule has 0 saturated heterocycles. The highest BCUT2D eigenvalue weighted by Gasteiger charge is 2.20.